The van der Waals surface area contributed by atoms with Gasteiger partial charge in [-0.1, -0.05) is 13.8 Å². The summed E-state index contributed by atoms with van der Waals surface area (Å²) in [5.74, 6) is 1.01. The Morgan fingerprint density at radius 1 is 1.00 bits per heavy atom. The van der Waals surface area contributed by atoms with E-state index in [1.54, 1.807) is 62.5 Å². The summed E-state index contributed by atoms with van der Waals surface area (Å²) in [5, 5.41) is 3.11. The highest BCUT2D eigenvalue weighted by molar-refractivity contribution is 5.97. The maximum Gasteiger partial charge on any atom is 0.410 e. The van der Waals surface area contributed by atoms with Crippen LogP contribution in [0.15, 0.2) is 49.2 Å². The third kappa shape index (κ3) is 5.79. The molecule has 4 aromatic rings. The molecule has 0 bridgehead atoms. The Kier molecular flexibility index (Phi) is 6.85. The number of hydrogen-bond donors (Lipinski definition) is 1. The summed E-state index contributed by atoms with van der Waals surface area (Å²) < 4.78 is 7.41. The largest absolute Gasteiger partial charge is 0.444 e. The lowest BCUT2D eigenvalue weighted by Gasteiger charge is -2.35. The number of anilines is 3. The molecule has 1 fully saturated rings. The van der Waals surface area contributed by atoms with Crippen molar-refractivity contribution >= 4 is 35.1 Å². The van der Waals surface area contributed by atoms with Crippen LogP contribution in [0.2, 0.25) is 0 Å². The van der Waals surface area contributed by atoms with Gasteiger partial charge in [0, 0.05) is 37.4 Å². The number of hydrogen-bond acceptors (Lipinski definition) is 9. The molecule has 1 aliphatic heterocycles. The monoisotopic (exact) mass is 529 g/mol. The first kappa shape index (κ1) is 26.0. The van der Waals surface area contributed by atoms with Crippen molar-refractivity contribution in [2.24, 2.45) is 0 Å². The number of carbonyl (C=O) groups is 2. The first-order valence-electron chi connectivity index (χ1n) is 12.8. The second kappa shape index (κ2) is 10.3. The van der Waals surface area contributed by atoms with Crippen LogP contribution in [0.3, 0.4) is 0 Å². The maximum absolute atomic E-state index is 12.7. The summed E-state index contributed by atoms with van der Waals surface area (Å²) in [6, 6.07) is 5.34. The van der Waals surface area contributed by atoms with Gasteiger partial charge in [-0.3, -0.25) is 9.69 Å². The molecule has 0 spiro atoms. The van der Waals surface area contributed by atoms with Gasteiger partial charge in [-0.2, -0.15) is 0 Å². The Morgan fingerprint density at radius 3 is 2.51 bits per heavy atom. The molecule has 5 rings (SSSR count). The van der Waals surface area contributed by atoms with E-state index in [0.717, 1.165) is 11.3 Å². The molecular weight excluding hydrogens is 498 g/mol. The molecule has 12 heteroatoms. The molecule has 2 amide bonds. The summed E-state index contributed by atoms with van der Waals surface area (Å²) in [6.45, 7) is 10.3. The summed E-state index contributed by atoms with van der Waals surface area (Å²) in [6.07, 6.45) is 8.29. The summed E-state index contributed by atoms with van der Waals surface area (Å²) >= 11 is 0. The van der Waals surface area contributed by atoms with Crippen molar-refractivity contribution < 1.29 is 14.3 Å². The maximum atomic E-state index is 12.7. The van der Waals surface area contributed by atoms with Gasteiger partial charge in [-0.05, 0) is 44.9 Å². The fourth-order valence-corrected chi connectivity index (χ4v) is 4.19. The highest BCUT2D eigenvalue weighted by Crippen LogP contribution is 2.23. The Hall–Kier alpha value is -4.61. The lowest BCUT2D eigenvalue weighted by atomic mass is 10.1. The van der Waals surface area contributed by atoms with Crippen molar-refractivity contribution in [1.29, 1.82) is 0 Å². The number of rotatable bonds is 5. The molecule has 4 aromatic heterocycles. The molecule has 0 saturated carbocycles. The molecule has 1 aliphatic rings. The van der Waals surface area contributed by atoms with Gasteiger partial charge in [0.05, 0.1) is 23.8 Å². The van der Waals surface area contributed by atoms with Gasteiger partial charge in [0.25, 0.3) is 0 Å². The fraction of sp³-hybridized carbons (Fsp3) is 0.370. The van der Waals surface area contributed by atoms with Crippen LogP contribution in [0.5, 0.6) is 0 Å². The van der Waals surface area contributed by atoms with Gasteiger partial charge in [-0.15, -0.1) is 0 Å². The molecular formula is C27H31N9O3. The van der Waals surface area contributed by atoms with E-state index in [-0.39, 0.29) is 12.5 Å². The molecule has 0 atom stereocenters. The van der Waals surface area contributed by atoms with E-state index in [2.05, 4.69) is 44.1 Å². The van der Waals surface area contributed by atoms with Crippen LogP contribution < -0.4 is 10.2 Å². The zero-order valence-electron chi connectivity index (χ0n) is 22.6. The summed E-state index contributed by atoms with van der Waals surface area (Å²) in [5.41, 5.74) is 3.25. The third-order valence-corrected chi connectivity index (χ3v) is 6.11. The standard InChI is InChI=1S/C27H31N9O3/c1-17(2)21-13-31-23-14-29-20(15-36(21)23)19-8-9-28-25(32-19)33-22-7-6-18(12-30-22)35-11-10-34(16-24(35)37)26(38)39-27(3,4)5/h6-9,12-15,17H,10-11,16H2,1-5H3,(H,28,30,32,33). The smallest absolute Gasteiger partial charge is 0.410 e. The van der Waals surface area contributed by atoms with Crippen LogP contribution in [0, 0.1) is 0 Å². The second-order valence-corrected chi connectivity index (χ2v) is 10.6. The SMILES string of the molecule is CC(C)c1cnc2cnc(-c3ccnc(Nc4ccc(N5CCN(C(=O)OC(C)(C)C)CC5=O)cn4)n3)cn12. The number of amides is 2. The van der Waals surface area contributed by atoms with Gasteiger partial charge in [0.1, 0.15) is 23.7 Å². The Morgan fingerprint density at radius 2 is 1.82 bits per heavy atom. The number of nitrogens with one attached hydrogen (secondary N) is 1. The van der Waals surface area contributed by atoms with Gasteiger partial charge in [-0.25, -0.2) is 29.7 Å². The predicted molar refractivity (Wildman–Crippen MR) is 146 cm³/mol. The van der Waals surface area contributed by atoms with Gasteiger partial charge >= 0.3 is 6.09 Å². The number of imidazole rings is 1. The number of ether oxygens (including phenoxy) is 1. The topological polar surface area (TPSA) is 131 Å². The third-order valence-electron chi connectivity index (χ3n) is 6.11. The average molecular weight is 530 g/mol. The molecule has 0 aliphatic carbocycles. The van der Waals surface area contributed by atoms with Crippen molar-refractivity contribution in [2.75, 3.05) is 29.9 Å². The first-order chi connectivity index (χ1) is 18.6. The molecule has 202 valence electrons. The second-order valence-electron chi connectivity index (χ2n) is 10.6. The van der Waals surface area contributed by atoms with Crippen molar-refractivity contribution in [3.8, 4) is 11.4 Å². The van der Waals surface area contributed by atoms with Crippen LogP contribution in [-0.4, -0.2) is 71.5 Å². The molecule has 5 heterocycles. The minimum absolute atomic E-state index is 0.0485. The minimum Gasteiger partial charge on any atom is -0.444 e. The van der Waals surface area contributed by atoms with Crippen LogP contribution in [0.4, 0.5) is 22.2 Å². The Bertz CT molecular complexity index is 1510. The highest BCUT2D eigenvalue weighted by atomic mass is 16.6. The number of aromatic nitrogens is 6. The number of carbonyl (C=O) groups excluding carboxylic acids is 2. The lowest BCUT2D eigenvalue weighted by molar-refractivity contribution is -0.121. The van der Waals surface area contributed by atoms with Gasteiger partial charge < -0.3 is 19.4 Å². The van der Waals surface area contributed by atoms with Crippen molar-refractivity contribution in [3.63, 3.8) is 0 Å². The van der Waals surface area contributed by atoms with Crippen molar-refractivity contribution in [1.82, 2.24) is 34.2 Å². The van der Waals surface area contributed by atoms with Crippen molar-refractivity contribution in [2.45, 2.75) is 46.1 Å². The number of fused-ring (bicyclic) bond motifs is 1. The fourth-order valence-electron chi connectivity index (χ4n) is 4.19. The summed E-state index contributed by atoms with van der Waals surface area (Å²) in [7, 11) is 0. The van der Waals surface area contributed by atoms with E-state index in [9.17, 15) is 9.59 Å². The van der Waals surface area contributed by atoms with Crippen LogP contribution in [-0.2, 0) is 9.53 Å². The van der Waals surface area contributed by atoms with E-state index >= 15 is 0 Å². The Balaban J connectivity index is 1.26. The van der Waals surface area contributed by atoms with Crippen LogP contribution >= 0.6 is 0 Å². The normalized spacial score (nSPS) is 14.3. The highest BCUT2D eigenvalue weighted by Gasteiger charge is 2.31. The molecule has 1 N–H and O–H groups in total. The van der Waals surface area contributed by atoms with E-state index in [4.69, 9.17) is 4.74 Å². The summed E-state index contributed by atoms with van der Waals surface area (Å²) in [4.78, 5) is 50.4. The quantitative estimate of drug-likeness (QED) is 0.407. The van der Waals surface area contributed by atoms with Gasteiger partial charge in [0.2, 0.25) is 11.9 Å². The van der Waals surface area contributed by atoms with E-state index in [0.29, 0.717) is 47.8 Å². The number of nitrogens with zero attached hydrogens (tertiary/aromatic N) is 8. The zero-order valence-corrected chi connectivity index (χ0v) is 22.6. The predicted octanol–water partition coefficient (Wildman–Crippen LogP) is 4.03. The number of piperazine rings is 1. The number of pyridine rings is 1. The molecule has 1 saturated heterocycles. The van der Waals surface area contributed by atoms with E-state index in [1.807, 2.05) is 16.8 Å². The molecule has 0 aromatic carbocycles. The average Bonchev–Trinajstić information content (AvgIpc) is 3.32. The van der Waals surface area contributed by atoms with Crippen molar-refractivity contribution in [3.05, 3.63) is 54.9 Å². The van der Waals surface area contributed by atoms with E-state index < -0.39 is 11.7 Å². The molecule has 12 nitrogen and oxygen atoms in total. The van der Waals surface area contributed by atoms with Gasteiger partial charge in [0.15, 0.2) is 5.65 Å². The molecule has 0 unspecified atom stereocenters. The minimum atomic E-state index is -0.616. The van der Waals surface area contributed by atoms with Crippen LogP contribution in [0.1, 0.15) is 46.2 Å². The van der Waals surface area contributed by atoms with E-state index in [1.165, 1.54) is 4.90 Å². The van der Waals surface area contributed by atoms with Crippen LogP contribution in [0.25, 0.3) is 17.0 Å². The first-order valence-corrected chi connectivity index (χ1v) is 12.8. The molecule has 39 heavy (non-hydrogen) atoms. The molecule has 0 radical (unpaired) electrons. The zero-order chi connectivity index (χ0) is 27.7. The lowest BCUT2D eigenvalue weighted by Crippen LogP contribution is -2.53. The Labute approximate surface area is 226 Å².